The van der Waals surface area contributed by atoms with Crippen molar-refractivity contribution in [1.29, 1.82) is 0 Å². The van der Waals surface area contributed by atoms with Crippen LogP contribution in [0.3, 0.4) is 0 Å². The van der Waals surface area contributed by atoms with Gasteiger partial charge in [-0.15, -0.1) is 0 Å². The summed E-state index contributed by atoms with van der Waals surface area (Å²) in [5.41, 5.74) is 1.13. The van der Waals surface area contributed by atoms with E-state index in [4.69, 9.17) is 9.47 Å². The van der Waals surface area contributed by atoms with Gasteiger partial charge >= 0.3 is 0 Å². The van der Waals surface area contributed by atoms with Crippen LogP contribution in [-0.2, 0) is 11.3 Å². The zero-order valence-electron chi connectivity index (χ0n) is 15.5. The van der Waals surface area contributed by atoms with E-state index in [0.29, 0.717) is 13.2 Å². The minimum atomic E-state index is 0.616. The van der Waals surface area contributed by atoms with E-state index in [2.05, 4.69) is 33.5 Å². The number of nitrogens with one attached hydrogen (secondary N) is 2. The van der Waals surface area contributed by atoms with Crippen LogP contribution < -0.4 is 15.4 Å². The maximum absolute atomic E-state index is 5.77. The third kappa shape index (κ3) is 9.37. The molecule has 0 fully saturated rings. The maximum atomic E-state index is 5.77. The van der Waals surface area contributed by atoms with Gasteiger partial charge in [-0.2, -0.15) is 0 Å². The molecule has 1 rings (SSSR count). The molecular weight excluding hydrogens is 304 g/mol. The monoisotopic (exact) mass is 336 g/mol. The number of rotatable bonds is 11. The van der Waals surface area contributed by atoms with Crippen molar-refractivity contribution in [1.82, 2.24) is 15.5 Å². The van der Waals surface area contributed by atoms with E-state index >= 15 is 0 Å². The molecule has 0 bridgehead atoms. The van der Waals surface area contributed by atoms with Gasteiger partial charge in [0.2, 0.25) is 0 Å². The summed E-state index contributed by atoms with van der Waals surface area (Å²) in [5, 5.41) is 6.56. The summed E-state index contributed by atoms with van der Waals surface area (Å²) in [5.74, 6) is 1.72. The number of benzene rings is 1. The van der Waals surface area contributed by atoms with Gasteiger partial charge in [-0.1, -0.05) is 12.1 Å². The zero-order valence-corrected chi connectivity index (χ0v) is 15.5. The number of methoxy groups -OCH3 is 1. The van der Waals surface area contributed by atoms with Crippen LogP contribution in [0.1, 0.15) is 18.9 Å². The second kappa shape index (κ2) is 12.6. The highest BCUT2D eigenvalue weighted by atomic mass is 16.5. The first-order valence-electron chi connectivity index (χ1n) is 8.53. The fourth-order valence-corrected chi connectivity index (χ4v) is 2.02. The lowest BCUT2D eigenvalue weighted by Crippen LogP contribution is -2.38. The van der Waals surface area contributed by atoms with Gasteiger partial charge in [0.1, 0.15) is 12.4 Å². The van der Waals surface area contributed by atoms with Crippen LogP contribution in [0.2, 0.25) is 0 Å². The smallest absolute Gasteiger partial charge is 0.191 e. The van der Waals surface area contributed by atoms with Gasteiger partial charge < -0.3 is 25.0 Å². The van der Waals surface area contributed by atoms with Crippen LogP contribution in [0.25, 0.3) is 0 Å². The molecule has 0 aliphatic rings. The Morgan fingerprint density at radius 3 is 2.75 bits per heavy atom. The summed E-state index contributed by atoms with van der Waals surface area (Å²) >= 11 is 0. The van der Waals surface area contributed by atoms with Gasteiger partial charge in [0.05, 0.1) is 6.54 Å². The van der Waals surface area contributed by atoms with Gasteiger partial charge in [-0.25, -0.2) is 4.99 Å². The van der Waals surface area contributed by atoms with E-state index in [9.17, 15) is 0 Å². The topological polar surface area (TPSA) is 58.1 Å². The van der Waals surface area contributed by atoms with Crippen LogP contribution in [0, 0.1) is 0 Å². The lowest BCUT2D eigenvalue weighted by molar-refractivity contribution is 0.195. The van der Waals surface area contributed by atoms with Crippen molar-refractivity contribution in [3.05, 3.63) is 29.8 Å². The summed E-state index contributed by atoms with van der Waals surface area (Å²) < 4.78 is 10.8. The third-order valence-corrected chi connectivity index (χ3v) is 3.29. The Labute approximate surface area is 146 Å². The molecular formula is C18H32N4O2. The second-order valence-electron chi connectivity index (χ2n) is 5.77. The third-order valence-electron chi connectivity index (χ3n) is 3.29. The molecule has 24 heavy (non-hydrogen) atoms. The molecule has 0 saturated heterocycles. The van der Waals surface area contributed by atoms with E-state index in [-0.39, 0.29) is 0 Å². The molecule has 0 saturated carbocycles. The van der Waals surface area contributed by atoms with Crippen LogP contribution >= 0.6 is 0 Å². The van der Waals surface area contributed by atoms with Crippen LogP contribution in [-0.4, -0.2) is 64.9 Å². The van der Waals surface area contributed by atoms with Crippen molar-refractivity contribution >= 4 is 5.96 Å². The molecule has 6 nitrogen and oxygen atoms in total. The quantitative estimate of drug-likeness (QED) is 0.366. The molecule has 1 aromatic rings. The van der Waals surface area contributed by atoms with Gasteiger partial charge in [0.25, 0.3) is 0 Å². The van der Waals surface area contributed by atoms with Crippen molar-refractivity contribution in [2.24, 2.45) is 4.99 Å². The molecule has 6 heteroatoms. The van der Waals surface area contributed by atoms with E-state index in [1.165, 1.54) is 0 Å². The molecule has 0 spiro atoms. The van der Waals surface area contributed by atoms with Crippen molar-refractivity contribution in [3.8, 4) is 5.75 Å². The molecule has 1 aromatic carbocycles. The average Bonchev–Trinajstić information content (AvgIpc) is 2.56. The van der Waals surface area contributed by atoms with Crippen LogP contribution in [0.4, 0.5) is 0 Å². The molecule has 0 unspecified atom stereocenters. The predicted molar refractivity (Wildman–Crippen MR) is 99.8 cm³/mol. The SMILES string of the molecule is CCNC(=NCc1cccc(OCCN(C)C)c1)NCCCOC. The van der Waals surface area contributed by atoms with Gasteiger partial charge in [-0.3, -0.25) is 0 Å². The lowest BCUT2D eigenvalue weighted by atomic mass is 10.2. The first-order chi connectivity index (χ1) is 11.7. The molecule has 2 N–H and O–H groups in total. The Hall–Kier alpha value is -1.79. The summed E-state index contributed by atoms with van der Waals surface area (Å²) in [7, 11) is 5.79. The van der Waals surface area contributed by atoms with Gasteiger partial charge in [0, 0.05) is 33.4 Å². The minimum absolute atomic E-state index is 0.616. The summed E-state index contributed by atoms with van der Waals surface area (Å²) in [4.78, 5) is 6.72. The molecule has 0 atom stereocenters. The normalized spacial score (nSPS) is 11.6. The highest BCUT2D eigenvalue weighted by Crippen LogP contribution is 2.14. The molecule has 0 aromatic heterocycles. The largest absolute Gasteiger partial charge is 0.492 e. The first kappa shape index (κ1) is 20.3. The number of likely N-dealkylation sites (N-methyl/N-ethyl adjacent to an activating group) is 1. The van der Waals surface area contributed by atoms with Crippen LogP contribution in [0.15, 0.2) is 29.3 Å². The van der Waals surface area contributed by atoms with Crippen molar-refractivity contribution < 1.29 is 9.47 Å². The number of aliphatic imine (C=N–C) groups is 1. The van der Waals surface area contributed by atoms with E-state index < -0.39 is 0 Å². The molecule has 136 valence electrons. The molecule has 0 amide bonds. The summed E-state index contributed by atoms with van der Waals surface area (Å²) in [6, 6.07) is 8.11. The average molecular weight is 336 g/mol. The first-order valence-corrected chi connectivity index (χ1v) is 8.53. The van der Waals surface area contributed by atoms with Gasteiger partial charge in [0.15, 0.2) is 5.96 Å². The molecule has 0 heterocycles. The minimum Gasteiger partial charge on any atom is -0.492 e. The second-order valence-corrected chi connectivity index (χ2v) is 5.77. The number of guanidine groups is 1. The van der Waals surface area contributed by atoms with E-state index in [1.807, 2.05) is 32.3 Å². The van der Waals surface area contributed by atoms with E-state index in [1.54, 1.807) is 7.11 Å². The Morgan fingerprint density at radius 2 is 2.04 bits per heavy atom. The Morgan fingerprint density at radius 1 is 1.21 bits per heavy atom. The Balaban J connectivity index is 2.51. The predicted octanol–water partition coefficient (Wildman–Crippen LogP) is 1.72. The van der Waals surface area contributed by atoms with Crippen molar-refractivity contribution in [3.63, 3.8) is 0 Å². The number of nitrogens with zero attached hydrogens (tertiary/aromatic N) is 2. The van der Waals surface area contributed by atoms with Crippen molar-refractivity contribution in [2.45, 2.75) is 19.9 Å². The molecule has 0 aliphatic carbocycles. The van der Waals surface area contributed by atoms with Gasteiger partial charge in [-0.05, 0) is 45.1 Å². The Bertz CT molecular complexity index is 478. The maximum Gasteiger partial charge on any atom is 0.191 e. The van der Waals surface area contributed by atoms with Crippen LogP contribution in [0.5, 0.6) is 5.75 Å². The number of hydrogen-bond acceptors (Lipinski definition) is 4. The highest BCUT2D eigenvalue weighted by molar-refractivity contribution is 5.79. The molecule has 0 radical (unpaired) electrons. The van der Waals surface area contributed by atoms with Crippen molar-refractivity contribution in [2.75, 3.05) is 54.1 Å². The summed E-state index contributed by atoms with van der Waals surface area (Å²) in [6.45, 7) is 6.69. The fraction of sp³-hybridized carbons (Fsp3) is 0.611. The zero-order chi connectivity index (χ0) is 17.6. The summed E-state index contributed by atoms with van der Waals surface area (Å²) in [6.07, 6.45) is 0.954. The number of ether oxygens (including phenoxy) is 2. The lowest BCUT2D eigenvalue weighted by Gasteiger charge is -2.12. The highest BCUT2D eigenvalue weighted by Gasteiger charge is 2.00. The standard InChI is InChI=1S/C18H32N4O2/c1-5-19-18(20-10-7-12-23-4)21-15-16-8-6-9-17(14-16)24-13-11-22(2)3/h6,8-9,14H,5,7,10-13,15H2,1-4H3,(H2,19,20,21). The number of hydrogen-bond donors (Lipinski definition) is 2. The Kier molecular flexibility index (Phi) is 10.6. The fourth-order valence-electron chi connectivity index (χ4n) is 2.02. The van der Waals surface area contributed by atoms with E-state index in [0.717, 1.165) is 49.9 Å². The molecule has 0 aliphatic heterocycles.